The molecule has 0 saturated carbocycles. The van der Waals surface area contributed by atoms with Gasteiger partial charge in [-0.25, -0.2) is 4.79 Å². The highest BCUT2D eigenvalue weighted by atomic mass is 32.1. The highest BCUT2D eigenvalue weighted by Gasteiger charge is 2.24. The fraction of sp³-hybridized carbons (Fsp3) is 0.435. The van der Waals surface area contributed by atoms with Crippen molar-refractivity contribution in [2.24, 2.45) is 0 Å². The van der Waals surface area contributed by atoms with E-state index in [1.54, 1.807) is 9.80 Å². The van der Waals surface area contributed by atoms with Crippen LogP contribution in [0.25, 0.3) is 0 Å². The molecule has 1 aromatic heterocycles. The number of piperidine rings is 1. The molecule has 31 heavy (non-hydrogen) atoms. The Kier molecular flexibility index (Phi) is 8.06. The lowest BCUT2D eigenvalue weighted by atomic mass is 10.0. The monoisotopic (exact) mass is 442 g/mol. The molecular formula is C23H30N4O3S. The predicted octanol–water partition coefficient (Wildman–Crippen LogP) is 3.33. The van der Waals surface area contributed by atoms with Gasteiger partial charge < -0.3 is 20.4 Å². The molecule has 0 unspecified atom stereocenters. The first-order valence-electron chi connectivity index (χ1n) is 10.8. The van der Waals surface area contributed by atoms with Gasteiger partial charge in [0.05, 0.1) is 0 Å². The van der Waals surface area contributed by atoms with E-state index in [9.17, 15) is 14.4 Å². The summed E-state index contributed by atoms with van der Waals surface area (Å²) in [6, 6.07) is 9.17. The predicted molar refractivity (Wildman–Crippen MR) is 122 cm³/mol. The maximum Gasteiger partial charge on any atom is 0.317 e. The molecule has 0 spiro atoms. The first kappa shape index (κ1) is 22.8. The Bertz CT molecular complexity index is 871. The standard InChI is InChI=1S/C23H30N4O3S/c1-3-26(4-2)22(29)18-7-5-17(6-8-18)15-24-23(30)27-12-9-20(10-13-27)25-21(28)19-11-14-31-16-19/h5-8,11,14,16,20H,3-4,9-10,12-13,15H2,1-2H3,(H,24,30)(H,25,28). The van der Waals surface area contributed by atoms with Gasteiger partial charge in [0.25, 0.3) is 11.8 Å². The summed E-state index contributed by atoms with van der Waals surface area (Å²) in [4.78, 5) is 40.6. The van der Waals surface area contributed by atoms with Crippen molar-refractivity contribution >= 4 is 29.2 Å². The van der Waals surface area contributed by atoms with Crippen LogP contribution >= 0.6 is 11.3 Å². The zero-order valence-corrected chi connectivity index (χ0v) is 18.9. The van der Waals surface area contributed by atoms with Gasteiger partial charge in [0.2, 0.25) is 0 Å². The minimum Gasteiger partial charge on any atom is -0.349 e. The molecule has 0 atom stereocenters. The van der Waals surface area contributed by atoms with Gasteiger partial charge in [0.1, 0.15) is 0 Å². The van der Waals surface area contributed by atoms with E-state index in [1.807, 2.05) is 54.9 Å². The molecule has 1 aliphatic rings. The van der Waals surface area contributed by atoms with E-state index in [0.29, 0.717) is 43.9 Å². The van der Waals surface area contributed by atoms with Crippen LogP contribution in [0, 0.1) is 0 Å². The number of hydrogen-bond donors (Lipinski definition) is 2. The molecule has 8 heteroatoms. The van der Waals surface area contributed by atoms with Crippen LogP contribution in [-0.2, 0) is 6.54 Å². The molecule has 2 heterocycles. The molecule has 1 saturated heterocycles. The van der Waals surface area contributed by atoms with E-state index in [4.69, 9.17) is 0 Å². The summed E-state index contributed by atoms with van der Waals surface area (Å²) in [6.07, 6.45) is 1.48. The maximum absolute atomic E-state index is 12.5. The molecule has 1 aliphatic heterocycles. The number of urea groups is 1. The second-order valence-corrected chi connectivity index (χ2v) is 8.36. The fourth-order valence-electron chi connectivity index (χ4n) is 3.64. The van der Waals surface area contributed by atoms with Crippen LogP contribution in [0.15, 0.2) is 41.1 Å². The van der Waals surface area contributed by atoms with Crippen molar-refractivity contribution in [3.63, 3.8) is 0 Å². The van der Waals surface area contributed by atoms with Crippen molar-refractivity contribution in [3.8, 4) is 0 Å². The summed E-state index contributed by atoms with van der Waals surface area (Å²) in [6.45, 7) is 6.92. The topological polar surface area (TPSA) is 81.8 Å². The molecule has 0 aliphatic carbocycles. The van der Waals surface area contributed by atoms with Crippen molar-refractivity contribution in [1.82, 2.24) is 20.4 Å². The summed E-state index contributed by atoms with van der Waals surface area (Å²) in [5, 5.41) is 9.72. The smallest absolute Gasteiger partial charge is 0.317 e. The van der Waals surface area contributed by atoms with Gasteiger partial charge in [-0.05, 0) is 55.8 Å². The van der Waals surface area contributed by atoms with Crippen LogP contribution in [0.3, 0.4) is 0 Å². The van der Waals surface area contributed by atoms with E-state index < -0.39 is 0 Å². The molecule has 1 aromatic carbocycles. The number of nitrogens with zero attached hydrogens (tertiary/aromatic N) is 2. The average molecular weight is 443 g/mol. The third-order valence-corrected chi connectivity index (χ3v) is 6.28. The van der Waals surface area contributed by atoms with Gasteiger partial charge in [-0.2, -0.15) is 11.3 Å². The van der Waals surface area contributed by atoms with Gasteiger partial charge in [-0.1, -0.05) is 12.1 Å². The Hall–Kier alpha value is -2.87. The first-order chi connectivity index (χ1) is 15.0. The summed E-state index contributed by atoms with van der Waals surface area (Å²) >= 11 is 1.50. The molecule has 4 amide bonds. The molecule has 166 valence electrons. The van der Waals surface area contributed by atoms with Crippen molar-refractivity contribution in [1.29, 1.82) is 0 Å². The van der Waals surface area contributed by atoms with E-state index >= 15 is 0 Å². The third kappa shape index (κ3) is 6.07. The van der Waals surface area contributed by atoms with E-state index in [-0.39, 0.29) is 23.9 Å². The van der Waals surface area contributed by atoms with Gasteiger partial charge in [-0.3, -0.25) is 9.59 Å². The van der Waals surface area contributed by atoms with Crippen LogP contribution in [-0.4, -0.2) is 59.9 Å². The van der Waals surface area contributed by atoms with Crippen LogP contribution in [0.1, 0.15) is 53.0 Å². The van der Waals surface area contributed by atoms with Crippen LogP contribution < -0.4 is 10.6 Å². The number of carbonyl (C=O) groups is 3. The number of likely N-dealkylation sites (tertiary alicyclic amines) is 1. The van der Waals surface area contributed by atoms with Crippen molar-refractivity contribution in [2.75, 3.05) is 26.2 Å². The second-order valence-electron chi connectivity index (χ2n) is 7.58. The van der Waals surface area contributed by atoms with E-state index in [1.165, 1.54) is 11.3 Å². The number of carbonyl (C=O) groups excluding carboxylic acids is 3. The lowest BCUT2D eigenvalue weighted by molar-refractivity contribution is 0.0772. The number of amides is 4. The quantitative estimate of drug-likeness (QED) is 0.690. The summed E-state index contributed by atoms with van der Waals surface area (Å²) < 4.78 is 0. The number of benzene rings is 1. The van der Waals surface area contributed by atoms with E-state index in [2.05, 4.69) is 10.6 Å². The van der Waals surface area contributed by atoms with E-state index in [0.717, 1.165) is 18.4 Å². The maximum atomic E-state index is 12.5. The molecule has 7 nitrogen and oxygen atoms in total. The molecular weight excluding hydrogens is 412 g/mol. The number of thiophene rings is 1. The number of rotatable bonds is 7. The minimum atomic E-state index is -0.106. The Balaban J connectivity index is 1.42. The van der Waals surface area contributed by atoms with Crippen LogP contribution in [0.2, 0.25) is 0 Å². The SMILES string of the molecule is CCN(CC)C(=O)c1ccc(CNC(=O)N2CCC(NC(=O)c3ccsc3)CC2)cc1. The summed E-state index contributed by atoms with van der Waals surface area (Å²) in [5.41, 5.74) is 2.29. The largest absolute Gasteiger partial charge is 0.349 e. The van der Waals surface area contributed by atoms with Crippen LogP contribution in [0.4, 0.5) is 4.79 Å². The molecule has 2 N–H and O–H groups in total. The highest BCUT2D eigenvalue weighted by molar-refractivity contribution is 7.08. The van der Waals surface area contributed by atoms with Crippen molar-refractivity contribution < 1.29 is 14.4 Å². The number of nitrogens with one attached hydrogen (secondary N) is 2. The number of hydrogen-bond acceptors (Lipinski definition) is 4. The first-order valence-corrected chi connectivity index (χ1v) is 11.7. The Morgan fingerprint density at radius 2 is 1.71 bits per heavy atom. The van der Waals surface area contributed by atoms with Gasteiger partial charge in [-0.15, -0.1) is 0 Å². The second kappa shape index (κ2) is 10.9. The summed E-state index contributed by atoms with van der Waals surface area (Å²) in [5.74, 6) is -0.0263. The molecule has 0 bridgehead atoms. The van der Waals surface area contributed by atoms with Crippen molar-refractivity contribution in [2.45, 2.75) is 39.3 Å². The summed E-state index contributed by atoms with van der Waals surface area (Å²) in [7, 11) is 0. The lowest BCUT2D eigenvalue weighted by Gasteiger charge is -2.32. The third-order valence-electron chi connectivity index (χ3n) is 5.60. The molecule has 2 aromatic rings. The zero-order valence-electron chi connectivity index (χ0n) is 18.1. The Morgan fingerprint density at radius 3 is 2.29 bits per heavy atom. The van der Waals surface area contributed by atoms with Crippen molar-refractivity contribution in [3.05, 3.63) is 57.8 Å². The Labute approximate surface area is 187 Å². The average Bonchev–Trinajstić information content (AvgIpc) is 3.34. The highest BCUT2D eigenvalue weighted by Crippen LogP contribution is 2.13. The lowest BCUT2D eigenvalue weighted by Crippen LogP contribution is -2.49. The minimum absolute atomic E-state index is 0.0227. The van der Waals surface area contributed by atoms with Gasteiger partial charge >= 0.3 is 6.03 Å². The molecule has 1 fully saturated rings. The van der Waals surface area contributed by atoms with Gasteiger partial charge in [0, 0.05) is 55.3 Å². The van der Waals surface area contributed by atoms with Crippen LogP contribution in [0.5, 0.6) is 0 Å². The normalized spacial score (nSPS) is 14.2. The Morgan fingerprint density at radius 1 is 1.03 bits per heavy atom. The van der Waals surface area contributed by atoms with Gasteiger partial charge in [0.15, 0.2) is 0 Å². The molecule has 0 radical (unpaired) electrons. The fourth-order valence-corrected chi connectivity index (χ4v) is 4.27. The zero-order chi connectivity index (χ0) is 22.2. The molecule has 3 rings (SSSR count).